The molecule has 1 amide bonds. The van der Waals surface area contributed by atoms with E-state index in [2.05, 4.69) is 9.69 Å². The van der Waals surface area contributed by atoms with Crippen LogP contribution in [0.25, 0.3) is 11.3 Å². The molecule has 0 atom stereocenters. The van der Waals surface area contributed by atoms with Crippen LogP contribution in [0.1, 0.15) is 5.56 Å². The van der Waals surface area contributed by atoms with Crippen molar-refractivity contribution >= 4 is 46.7 Å². The first-order chi connectivity index (χ1) is 11.7. The summed E-state index contributed by atoms with van der Waals surface area (Å²) in [6.45, 7) is 0. The summed E-state index contributed by atoms with van der Waals surface area (Å²) in [5.41, 5.74) is 3.32. The summed E-state index contributed by atoms with van der Waals surface area (Å²) >= 11 is 8.61. The van der Waals surface area contributed by atoms with Crippen molar-refractivity contribution in [3.05, 3.63) is 64.5 Å². The van der Waals surface area contributed by atoms with E-state index in [1.807, 2.05) is 47.8 Å². The highest BCUT2D eigenvalue weighted by Gasteiger charge is 2.11. The monoisotopic (exact) mass is 375 g/mol. The standard InChI is InChI=1S/C17H14ClN3OS2/c18-14-4-2-1-3-11(14)9-17(22)20-12-5-6-13(16(10-12)24-19)15-7-8-23-21-15/h1-8,10H,9,19H2,(H,20,22). The Bertz CT molecular complexity index is 853. The van der Waals surface area contributed by atoms with E-state index < -0.39 is 0 Å². The minimum atomic E-state index is -0.127. The third-order valence-electron chi connectivity index (χ3n) is 3.41. The van der Waals surface area contributed by atoms with Gasteiger partial charge in [0.05, 0.1) is 12.1 Å². The average Bonchev–Trinajstić information content (AvgIpc) is 3.11. The summed E-state index contributed by atoms with van der Waals surface area (Å²) in [6.07, 6.45) is 0.221. The van der Waals surface area contributed by atoms with Crippen LogP contribution in [-0.4, -0.2) is 10.3 Å². The molecule has 24 heavy (non-hydrogen) atoms. The molecule has 0 saturated carbocycles. The number of carbonyl (C=O) groups is 1. The average molecular weight is 376 g/mol. The molecule has 0 spiro atoms. The number of amides is 1. The van der Waals surface area contributed by atoms with E-state index in [1.54, 1.807) is 6.07 Å². The second kappa shape index (κ2) is 7.81. The third kappa shape index (κ3) is 3.96. The van der Waals surface area contributed by atoms with Crippen LogP contribution < -0.4 is 10.5 Å². The molecule has 2 aromatic carbocycles. The smallest absolute Gasteiger partial charge is 0.228 e. The fourth-order valence-corrected chi connectivity index (χ4v) is 3.50. The van der Waals surface area contributed by atoms with Crippen LogP contribution in [0.2, 0.25) is 5.02 Å². The normalized spacial score (nSPS) is 10.6. The van der Waals surface area contributed by atoms with Crippen LogP contribution in [0, 0.1) is 0 Å². The van der Waals surface area contributed by atoms with Crippen LogP contribution in [0.5, 0.6) is 0 Å². The van der Waals surface area contributed by atoms with Crippen LogP contribution >= 0.6 is 35.1 Å². The molecule has 0 saturated heterocycles. The summed E-state index contributed by atoms with van der Waals surface area (Å²) in [5.74, 6) is -0.127. The Morgan fingerprint density at radius 3 is 2.79 bits per heavy atom. The maximum absolute atomic E-state index is 12.2. The number of aromatic nitrogens is 1. The molecule has 0 fully saturated rings. The van der Waals surface area contributed by atoms with Crippen LogP contribution in [0.3, 0.4) is 0 Å². The largest absolute Gasteiger partial charge is 0.326 e. The lowest BCUT2D eigenvalue weighted by Gasteiger charge is -2.10. The third-order valence-corrected chi connectivity index (χ3v) is 4.94. The zero-order valence-corrected chi connectivity index (χ0v) is 14.9. The number of nitrogens with one attached hydrogen (secondary N) is 1. The number of nitrogens with two attached hydrogens (primary N) is 1. The van der Waals surface area contributed by atoms with Crippen molar-refractivity contribution in [1.29, 1.82) is 0 Å². The first-order valence-electron chi connectivity index (χ1n) is 7.12. The summed E-state index contributed by atoms with van der Waals surface area (Å²) in [7, 11) is 0. The van der Waals surface area contributed by atoms with Gasteiger partial charge in [0.2, 0.25) is 5.91 Å². The van der Waals surface area contributed by atoms with Crippen molar-refractivity contribution in [2.75, 3.05) is 5.32 Å². The Morgan fingerprint density at radius 2 is 2.08 bits per heavy atom. The summed E-state index contributed by atoms with van der Waals surface area (Å²) < 4.78 is 4.32. The molecule has 3 rings (SSSR count). The molecule has 0 unspecified atom stereocenters. The number of halogens is 1. The maximum Gasteiger partial charge on any atom is 0.228 e. The van der Waals surface area contributed by atoms with Gasteiger partial charge in [-0.2, -0.15) is 4.37 Å². The maximum atomic E-state index is 12.2. The zero-order chi connectivity index (χ0) is 16.9. The quantitative estimate of drug-likeness (QED) is 0.639. The molecular weight excluding hydrogens is 362 g/mol. The molecule has 3 aromatic rings. The van der Waals surface area contributed by atoms with Crippen molar-refractivity contribution in [1.82, 2.24) is 4.37 Å². The van der Waals surface area contributed by atoms with E-state index in [9.17, 15) is 4.79 Å². The van der Waals surface area contributed by atoms with Gasteiger partial charge in [-0.05, 0) is 59.4 Å². The van der Waals surface area contributed by atoms with Gasteiger partial charge in [-0.15, -0.1) is 0 Å². The number of benzene rings is 2. The van der Waals surface area contributed by atoms with Gasteiger partial charge in [-0.3, -0.25) is 9.93 Å². The van der Waals surface area contributed by atoms with E-state index in [1.165, 1.54) is 11.5 Å². The van der Waals surface area contributed by atoms with Crippen LogP contribution in [-0.2, 0) is 11.2 Å². The fraction of sp³-hybridized carbons (Fsp3) is 0.0588. The number of carbonyl (C=O) groups excluding carboxylic acids is 1. The lowest BCUT2D eigenvalue weighted by Crippen LogP contribution is -2.14. The van der Waals surface area contributed by atoms with Gasteiger partial charge in [0.15, 0.2) is 0 Å². The lowest BCUT2D eigenvalue weighted by atomic mass is 10.1. The second-order valence-corrected chi connectivity index (χ2v) is 6.78. The molecule has 0 aliphatic rings. The molecule has 1 aromatic heterocycles. The second-order valence-electron chi connectivity index (χ2n) is 5.03. The van der Waals surface area contributed by atoms with E-state index in [-0.39, 0.29) is 12.3 Å². The van der Waals surface area contributed by atoms with Gasteiger partial charge in [0, 0.05) is 26.5 Å². The number of hydrogen-bond acceptors (Lipinski definition) is 5. The van der Waals surface area contributed by atoms with Gasteiger partial charge < -0.3 is 5.32 Å². The molecule has 3 N–H and O–H groups in total. The Kier molecular flexibility index (Phi) is 5.52. The van der Waals surface area contributed by atoms with Crippen LogP contribution in [0.15, 0.2) is 58.8 Å². The summed E-state index contributed by atoms with van der Waals surface area (Å²) in [5, 5.41) is 11.1. The zero-order valence-electron chi connectivity index (χ0n) is 12.5. The molecule has 1 heterocycles. The highest BCUT2D eigenvalue weighted by Crippen LogP contribution is 2.31. The van der Waals surface area contributed by atoms with Crippen molar-refractivity contribution in [2.24, 2.45) is 5.14 Å². The number of hydrogen-bond donors (Lipinski definition) is 2. The number of rotatable bonds is 5. The summed E-state index contributed by atoms with van der Waals surface area (Å²) in [6, 6.07) is 14.9. The highest BCUT2D eigenvalue weighted by atomic mass is 35.5. The van der Waals surface area contributed by atoms with Gasteiger partial charge in [0.25, 0.3) is 0 Å². The molecular formula is C17H14ClN3OS2. The number of nitrogens with zero attached hydrogens (tertiary/aromatic N) is 1. The van der Waals surface area contributed by atoms with E-state index in [4.69, 9.17) is 16.7 Å². The topological polar surface area (TPSA) is 68.0 Å². The van der Waals surface area contributed by atoms with Crippen molar-refractivity contribution < 1.29 is 4.79 Å². The molecule has 0 bridgehead atoms. The van der Waals surface area contributed by atoms with E-state index in [0.29, 0.717) is 10.7 Å². The molecule has 0 aliphatic heterocycles. The lowest BCUT2D eigenvalue weighted by molar-refractivity contribution is -0.115. The van der Waals surface area contributed by atoms with E-state index in [0.717, 1.165) is 33.7 Å². The first kappa shape index (κ1) is 17.0. The van der Waals surface area contributed by atoms with E-state index >= 15 is 0 Å². The SMILES string of the molecule is NSc1cc(NC(=O)Cc2ccccc2Cl)ccc1-c1ccsn1. The van der Waals surface area contributed by atoms with Gasteiger partial charge >= 0.3 is 0 Å². The van der Waals surface area contributed by atoms with Crippen molar-refractivity contribution in [3.63, 3.8) is 0 Å². The predicted octanol–water partition coefficient (Wildman–Crippen LogP) is 4.61. The molecule has 7 heteroatoms. The Balaban J connectivity index is 1.76. The molecule has 4 nitrogen and oxygen atoms in total. The first-order valence-corrected chi connectivity index (χ1v) is 9.21. The van der Waals surface area contributed by atoms with Crippen molar-refractivity contribution in [2.45, 2.75) is 11.3 Å². The molecule has 122 valence electrons. The molecule has 0 aliphatic carbocycles. The predicted molar refractivity (Wildman–Crippen MR) is 101 cm³/mol. The van der Waals surface area contributed by atoms with Gasteiger partial charge in [0.1, 0.15) is 0 Å². The molecule has 0 radical (unpaired) electrons. The minimum Gasteiger partial charge on any atom is -0.326 e. The Labute approximate surface area is 153 Å². The van der Waals surface area contributed by atoms with Crippen LogP contribution in [0.4, 0.5) is 5.69 Å². The Morgan fingerprint density at radius 1 is 1.25 bits per heavy atom. The minimum absolute atomic E-state index is 0.127. The number of anilines is 1. The van der Waals surface area contributed by atoms with Gasteiger partial charge in [-0.1, -0.05) is 29.8 Å². The van der Waals surface area contributed by atoms with Gasteiger partial charge in [-0.25, -0.2) is 0 Å². The highest BCUT2D eigenvalue weighted by molar-refractivity contribution is 7.97. The fourth-order valence-electron chi connectivity index (χ4n) is 2.28. The summed E-state index contributed by atoms with van der Waals surface area (Å²) in [4.78, 5) is 13.1. The van der Waals surface area contributed by atoms with Crippen molar-refractivity contribution in [3.8, 4) is 11.3 Å². The Hall–Kier alpha value is -1.86.